The molecule has 0 aliphatic heterocycles. The topological polar surface area (TPSA) is 58.2 Å². The van der Waals surface area contributed by atoms with E-state index < -0.39 is 26.9 Å². The van der Waals surface area contributed by atoms with Gasteiger partial charge in [0.15, 0.2) is 0 Å². The number of benzene rings is 1. The summed E-state index contributed by atoms with van der Waals surface area (Å²) in [6.45, 7) is 4.06. The Morgan fingerprint density at radius 2 is 1.62 bits per heavy atom. The maximum atomic E-state index is 13.3. The molecular formula is C14H22F2N2O2S. The summed E-state index contributed by atoms with van der Waals surface area (Å²) in [5, 5.41) is 2.28. The minimum absolute atomic E-state index is 0.113. The third kappa shape index (κ3) is 5.97. The number of anilines is 1. The first-order valence-electron chi connectivity index (χ1n) is 7.01. The fourth-order valence-electron chi connectivity index (χ4n) is 1.69. The normalized spacial score (nSPS) is 11.9. The van der Waals surface area contributed by atoms with Gasteiger partial charge in [0.05, 0.1) is 5.25 Å². The predicted molar refractivity (Wildman–Crippen MR) is 80.8 cm³/mol. The van der Waals surface area contributed by atoms with Crippen molar-refractivity contribution in [1.82, 2.24) is 4.72 Å². The molecule has 0 aliphatic rings. The molecule has 1 aromatic carbocycles. The highest BCUT2D eigenvalue weighted by molar-refractivity contribution is 7.90. The van der Waals surface area contributed by atoms with E-state index in [0.29, 0.717) is 25.9 Å². The van der Waals surface area contributed by atoms with Crippen molar-refractivity contribution in [3.8, 4) is 0 Å². The van der Waals surface area contributed by atoms with Crippen LogP contribution in [0.25, 0.3) is 0 Å². The molecule has 1 aromatic rings. The van der Waals surface area contributed by atoms with Crippen LogP contribution in [0.2, 0.25) is 0 Å². The van der Waals surface area contributed by atoms with Crippen LogP contribution in [0, 0.1) is 11.6 Å². The number of para-hydroxylation sites is 1. The van der Waals surface area contributed by atoms with Crippen LogP contribution in [0.5, 0.6) is 0 Å². The first-order valence-corrected chi connectivity index (χ1v) is 8.55. The highest BCUT2D eigenvalue weighted by atomic mass is 32.2. The van der Waals surface area contributed by atoms with Crippen LogP contribution in [-0.4, -0.2) is 26.8 Å². The van der Waals surface area contributed by atoms with Gasteiger partial charge in [-0.3, -0.25) is 0 Å². The third-order valence-corrected chi connectivity index (χ3v) is 4.89. The molecule has 0 aliphatic carbocycles. The first-order chi connectivity index (χ1) is 9.84. The van der Waals surface area contributed by atoms with E-state index in [1.807, 2.05) is 0 Å². The van der Waals surface area contributed by atoms with Crippen molar-refractivity contribution in [3.63, 3.8) is 0 Å². The summed E-state index contributed by atoms with van der Waals surface area (Å²) in [6, 6.07) is 3.72. The van der Waals surface area contributed by atoms with Crippen LogP contribution >= 0.6 is 0 Å². The van der Waals surface area contributed by atoms with Gasteiger partial charge in [0.2, 0.25) is 10.0 Å². The van der Waals surface area contributed by atoms with Crippen LogP contribution in [0.4, 0.5) is 14.5 Å². The second-order valence-corrected chi connectivity index (χ2v) is 7.39. The molecule has 1 rings (SSSR count). The molecule has 21 heavy (non-hydrogen) atoms. The van der Waals surface area contributed by atoms with Gasteiger partial charge in [-0.05, 0) is 38.8 Å². The molecule has 0 heterocycles. The van der Waals surface area contributed by atoms with Crippen molar-refractivity contribution in [2.24, 2.45) is 0 Å². The van der Waals surface area contributed by atoms with Gasteiger partial charge in [-0.15, -0.1) is 0 Å². The molecule has 0 aromatic heterocycles. The molecule has 7 heteroatoms. The summed E-state index contributed by atoms with van der Waals surface area (Å²) in [7, 11) is -3.21. The Morgan fingerprint density at radius 3 is 2.19 bits per heavy atom. The highest BCUT2D eigenvalue weighted by Crippen LogP contribution is 2.17. The Balaban J connectivity index is 2.19. The average molecular weight is 320 g/mol. The van der Waals surface area contributed by atoms with Crippen molar-refractivity contribution >= 4 is 15.7 Å². The van der Waals surface area contributed by atoms with Gasteiger partial charge in [0, 0.05) is 13.1 Å². The molecule has 2 N–H and O–H groups in total. The lowest BCUT2D eigenvalue weighted by Gasteiger charge is -2.10. The monoisotopic (exact) mass is 320 g/mol. The Hall–Kier alpha value is -1.21. The Kier molecular flexibility index (Phi) is 7.04. The second-order valence-electron chi connectivity index (χ2n) is 5.07. The zero-order valence-corrected chi connectivity index (χ0v) is 13.1. The second kappa shape index (κ2) is 8.29. The number of halogens is 2. The number of rotatable bonds is 9. The summed E-state index contributed by atoms with van der Waals surface area (Å²) >= 11 is 0. The van der Waals surface area contributed by atoms with Gasteiger partial charge in [-0.2, -0.15) is 0 Å². The predicted octanol–water partition coefficient (Wildman–Crippen LogP) is 2.87. The van der Waals surface area contributed by atoms with Crippen LogP contribution in [-0.2, 0) is 10.0 Å². The van der Waals surface area contributed by atoms with Gasteiger partial charge < -0.3 is 5.32 Å². The fourth-order valence-corrected chi connectivity index (χ4v) is 2.45. The maximum Gasteiger partial charge on any atom is 0.213 e. The van der Waals surface area contributed by atoms with E-state index in [2.05, 4.69) is 10.0 Å². The van der Waals surface area contributed by atoms with Crippen molar-refractivity contribution < 1.29 is 17.2 Å². The summed E-state index contributed by atoms with van der Waals surface area (Å²) in [6.07, 6.45) is 2.16. The zero-order valence-electron chi connectivity index (χ0n) is 12.3. The molecule has 0 fully saturated rings. The van der Waals surface area contributed by atoms with Gasteiger partial charge in [0.25, 0.3) is 0 Å². The summed E-state index contributed by atoms with van der Waals surface area (Å²) in [4.78, 5) is 0. The smallest absolute Gasteiger partial charge is 0.213 e. The minimum Gasteiger partial charge on any atom is -0.380 e. The first kappa shape index (κ1) is 17.8. The summed E-state index contributed by atoms with van der Waals surface area (Å²) in [5.74, 6) is -1.22. The largest absolute Gasteiger partial charge is 0.380 e. The van der Waals surface area contributed by atoms with E-state index in [0.717, 1.165) is 6.42 Å². The fraction of sp³-hybridized carbons (Fsp3) is 0.571. The van der Waals surface area contributed by atoms with E-state index in [1.54, 1.807) is 13.8 Å². The number of unbranched alkanes of at least 4 members (excludes halogenated alkanes) is 2. The van der Waals surface area contributed by atoms with E-state index in [9.17, 15) is 17.2 Å². The van der Waals surface area contributed by atoms with Crippen molar-refractivity contribution in [2.45, 2.75) is 38.4 Å². The van der Waals surface area contributed by atoms with E-state index >= 15 is 0 Å². The number of hydrogen-bond donors (Lipinski definition) is 2. The molecular weight excluding hydrogens is 298 g/mol. The van der Waals surface area contributed by atoms with Crippen molar-refractivity contribution in [3.05, 3.63) is 29.8 Å². The molecule has 4 nitrogen and oxygen atoms in total. The molecule has 0 spiro atoms. The number of sulfonamides is 1. The van der Waals surface area contributed by atoms with Crippen LogP contribution < -0.4 is 10.0 Å². The minimum atomic E-state index is -3.21. The van der Waals surface area contributed by atoms with E-state index in [1.165, 1.54) is 18.2 Å². The van der Waals surface area contributed by atoms with Crippen LogP contribution in [0.3, 0.4) is 0 Å². The van der Waals surface area contributed by atoms with Crippen molar-refractivity contribution in [1.29, 1.82) is 0 Å². The molecule has 0 atom stereocenters. The van der Waals surface area contributed by atoms with Gasteiger partial charge in [0.1, 0.15) is 17.3 Å². The lowest BCUT2D eigenvalue weighted by molar-refractivity contribution is 0.565. The van der Waals surface area contributed by atoms with Gasteiger partial charge >= 0.3 is 0 Å². The lowest BCUT2D eigenvalue weighted by Crippen LogP contribution is -2.31. The molecule has 0 saturated carbocycles. The molecule has 0 bridgehead atoms. The summed E-state index contributed by atoms with van der Waals surface area (Å²) < 4.78 is 52.1. The maximum absolute atomic E-state index is 13.3. The molecule has 0 unspecified atom stereocenters. The quantitative estimate of drug-likeness (QED) is 0.688. The molecule has 0 radical (unpaired) electrons. The van der Waals surface area contributed by atoms with Crippen molar-refractivity contribution in [2.75, 3.05) is 18.4 Å². The van der Waals surface area contributed by atoms with Gasteiger partial charge in [-0.25, -0.2) is 21.9 Å². The Morgan fingerprint density at radius 1 is 1.05 bits per heavy atom. The standard InChI is InChI=1S/C14H22F2N2O2S/c1-11(2)21(19,20)18-10-5-3-4-9-17-14-12(15)7-6-8-13(14)16/h6-8,11,17-18H,3-5,9-10H2,1-2H3. The highest BCUT2D eigenvalue weighted by Gasteiger charge is 2.13. The molecule has 0 saturated heterocycles. The van der Waals surface area contributed by atoms with E-state index in [4.69, 9.17) is 0 Å². The summed E-state index contributed by atoms with van der Waals surface area (Å²) in [5.41, 5.74) is -0.113. The zero-order chi connectivity index (χ0) is 15.9. The Bertz CT molecular complexity index is 528. The Labute approximate surface area is 125 Å². The van der Waals surface area contributed by atoms with Crippen LogP contribution in [0.15, 0.2) is 18.2 Å². The average Bonchev–Trinajstić information content (AvgIpc) is 2.40. The lowest BCUT2D eigenvalue weighted by atomic mass is 10.2. The SMILES string of the molecule is CC(C)S(=O)(=O)NCCCCCNc1c(F)cccc1F. The number of nitrogens with one attached hydrogen (secondary N) is 2. The third-order valence-electron chi connectivity index (χ3n) is 3.04. The van der Waals surface area contributed by atoms with Crippen LogP contribution in [0.1, 0.15) is 33.1 Å². The van der Waals surface area contributed by atoms with Gasteiger partial charge in [-0.1, -0.05) is 12.5 Å². The number of hydrogen-bond acceptors (Lipinski definition) is 3. The van der Waals surface area contributed by atoms with E-state index in [-0.39, 0.29) is 5.69 Å². The molecule has 120 valence electrons. The molecule has 0 amide bonds.